The lowest BCUT2D eigenvalue weighted by Crippen LogP contribution is -2.11. The van der Waals surface area contributed by atoms with E-state index < -0.39 is 0 Å². The Bertz CT molecular complexity index is 536. The van der Waals surface area contributed by atoms with Crippen molar-refractivity contribution in [1.29, 1.82) is 0 Å². The second kappa shape index (κ2) is 5.00. The van der Waals surface area contributed by atoms with Crippen molar-refractivity contribution >= 4 is 11.8 Å². The first-order valence-electron chi connectivity index (χ1n) is 5.68. The van der Waals surface area contributed by atoms with E-state index in [-0.39, 0.29) is 17.8 Å². The van der Waals surface area contributed by atoms with Gasteiger partial charge in [-0.05, 0) is 19.9 Å². The molecule has 1 heterocycles. The molecule has 0 aliphatic carbocycles. The van der Waals surface area contributed by atoms with Gasteiger partial charge in [-0.15, -0.1) is 0 Å². The van der Waals surface area contributed by atoms with Crippen LogP contribution in [0.25, 0.3) is 0 Å². The highest BCUT2D eigenvalue weighted by atomic mass is 19.1. The SMILES string of the molecule is Cc1cc(NC(C)c2ccccc2F)nc(N)n1. The summed E-state index contributed by atoms with van der Waals surface area (Å²) in [4.78, 5) is 8.05. The van der Waals surface area contributed by atoms with E-state index in [1.807, 2.05) is 13.8 Å². The zero-order valence-corrected chi connectivity index (χ0v) is 10.3. The molecule has 18 heavy (non-hydrogen) atoms. The summed E-state index contributed by atoms with van der Waals surface area (Å²) in [6, 6.07) is 8.22. The number of aryl methyl sites for hydroxylation is 1. The molecule has 0 fully saturated rings. The van der Waals surface area contributed by atoms with Gasteiger partial charge in [-0.25, -0.2) is 9.37 Å². The van der Waals surface area contributed by atoms with E-state index in [0.29, 0.717) is 11.4 Å². The Morgan fingerprint density at radius 1 is 1.28 bits per heavy atom. The Balaban J connectivity index is 2.21. The predicted octanol–water partition coefficient (Wildman–Crippen LogP) is 2.68. The van der Waals surface area contributed by atoms with Crippen molar-refractivity contribution in [3.05, 3.63) is 47.4 Å². The summed E-state index contributed by atoms with van der Waals surface area (Å²) in [5, 5.41) is 3.11. The molecule has 5 heteroatoms. The minimum absolute atomic E-state index is 0.195. The molecule has 1 aromatic heterocycles. The lowest BCUT2D eigenvalue weighted by Gasteiger charge is -2.16. The van der Waals surface area contributed by atoms with Crippen LogP contribution in [0.3, 0.4) is 0 Å². The van der Waals surface area contributed by atoms with Gasteiger partial charge in [-0.2, -0.15) is 4.98 Å². The molecule has 1 unspecified atom stereocenters. The van der Waals surface area contributed by atoms with E-state index in [9.17, 15) is 4.39 Å². The Hall–Kier alpha value is -2.17. The van der Waals surface area contributed by atoms with Gasteiger partial charge in [0.25, 0.3) is 0 Å². The Morgan fingerprint density at radius 2 is 2.00 bits per heavy atom. The molecule has 0 saturated heterocycles. The van der Waals surface area contributed by atoms with Gasteiger partial charge in [0.15, 0.2) is 0 Å². The first kappa shape index (κ1) is 12.3. The van der Waals surface area contributed by atoms with Crippen molar-refractivity contribution in [2.24, 2.45) is 0 Å². The molecule has 3 N–H and O–H groups in total. The van der Waals surface area contributed by atoms with Crippen LogP contribution in [-0.4, -0.2) is 9.97 Å². The molecule has 0 saturated carbocycles. The van der Waals surface area contributed by atoms with Gasteiger partial charge in [0.05, 0.1) is 6.04 Å². The highest BCUT2D eigenvalue weighted by Crippen LogP contribution is 2.20. The summed E-state index contributed by atoms with van der Waals surface area (Å²) in [5.74, 6) is 0.560. The molecule has 0 aliphatic heterocycles. The van der Waals surface area contributed by atoms with E-state index >= 15 is 0 Å². The molecule has 0 aliphatic rings. The van der Waals surface area contributed by atoms with Gasteiger partial charge in [-0.3, -0.25) is 0 Å². The van der Waals surface area contributed by atoms with Crippen LogP contribution in [0.4, 0.5) is 16.2 Å². The molecule has 4 nitrogen and oxygen atoms in total. The maximum Gasteiger partial charge on any atom is 0.222 e. The van der Waals surface area contributed by atoms with E-state index in [2.05, 4.69) is 15.3 Å². The number of anilines is 2. The van der Waals surface area contributed by atoms with Crippen molar-refractivity contribution in [1.82, 2.24) is 9.97 Å². The summed E-state index contributed by atoms with van der Waals surface area (Å²) in [7, 11) is 0. The summed E-state index contributed by atoms with van der Waals surface area (Å²) >= 11 is 0. The van der Waals surface area contributed by atoms with Gasteiger partial charge in [-0.1, -0.05) is 18.2 Å². The van der Waals surface area contributed by atoms with E-state index in [0.717, 1.165) is 5.69 Å². The molecule has 1 aromatic carbocycles. The van der Waals surface area contributed by atoms with Gasteiger partial charge in [0, 0.05) is 17.3 Å². The molecule has 0 amide bonds. The largest absolute Gasteiger partial charge is 0.368 e. The first-order valence-corrected chi connectivity index (χ1v) is 5.68. The third-order valence-corrected chi connectivity index (χ3v) is 2.61. The maximum atomic E-state index is 13.6. The number of nitrogen functional groups attached to an aromatic ring is 1. The molecular weight excluding hydrogens is 231 g/mol. The number of hydrogen-bond acceptors (Lipinski definition) is 4. The van der Waals surface area contributed by atoms with Crippen LogP contribution in [0.5, 0.6) is 0 Å². The number of hydrogen-bond donors (Lipinski definition) is 2. The summed E-state index contributed by atoms with van der Waals surface area (Å²) in [6.45, 7) is 3.70. The van der Waals surface area contributed by atoms with Crippen LogP contribution < -0.4 is 11.1 Å². The Kier molecular flexibility index (Phi) is 3.41. The van der Waals surface area contributed by atoms with Crippen molar-refractivity contribution < 1.29 is 4.39 Å². The molecule has 0 bridgehead atoms. The minimum Gasteiger partial charge on any atom is -0.368 e. The van der Waals surface area contributed by atoms with E-state index in [1.165, 1.54) is 6.07 Å². The van der Waals surface area contributed by atoms with Crippen LogP contribution in [0.2, 0.25) is 0 Å². The van der Waals surface area contributed by atoms with Crippen molar-refractivity contribution in [3.63, 3.8) is 0 Å². The third kappa shape index (κ3) is 2.74. The Morgan fingerprint density at radius 3 is 2.67 bits per heavy atom. The topological polar surface area (TPSA) is 63.8 Å². The summed E-state index contributed by atoms with van der Waals surface area (Å²) in [5.41, 5.74) is 6.93. The average Bonchev–Trinajstić information content (AvgIpc) is 2.27. The zero-order valence-electron chi connectivity index (χ0n) is 10.3. The van der Waals surface area contributed by atoms with Crippen LogP contribution in [0.1, 0.15) is 24.2 Å². The van der Waals surface area contributed by atoms with E-state index in [1.54, 1.807) is 24.3 Å². The fourth-order valence-corrected chi connectivity index (χ4v) is 1.79. The van der Waals surface area contributed by atoms with Gasteiger partial charge in [0.2, 0.25) is 5.95 Å². The predicted molar refractivity (Wildman–Crippen MR) is 69.6 cm³/mol. The highest BCUT2D eigenvalue weighted by molar-refractivity contribution is 5.42. The lowest BCUT2D eigenvalue weighted by molar-refractivity contribution is 0.600. The number of nitrogens with two attached hydrogens (primary N) is 1. The van der Waals surface area contributed by atoms with Crippen LogP contribution >= 0.6 is 0 Å². The normalized spacial score (nSPS) is 12.2. The summed E-state index contributed by atoms with van der Waals surface area (Å²) in [6.07, 6.45) is 0. The number of benzene rings is 1. The number of aromatic nitrogens is 2. The van der Waals surface area contributed by atoms with E-state index in [4.69, 9.17) is 5.73 Å². The molecule has 2 rings (SSSR count). The first-order chi connectivity index (χ1) is 8.56. The second-order valence-corrected chi connectivity index (χ2v) is 4.14. The number of rotatable bonds is 3. The molecule has 0 radical (unpaired) electrons. The van der Waals surface area contributed by atoms with Gasteiger partial charge in [0.1, 0.15) is 11.6 Å². The van der Waals surface area contributed by atoms with Crippen molar-refractivity contribution in [2.75, 3.05) is 11.1 Å². The average molecular weight is 246 g/mol. The van der Waals surface area contributed by atoms with Gasteiger partial charge >= 0.3 is 0 Å². The number of nitrogens with one attached hydrogen (secondary N) is 1. The maximum absolute atomic E-state index is 13.6. The summed E-state index contributed by atoms with van der Waals surface area (Å²) < 4.78 is 13.6. The molecule has 0 spiro atoms. The minimum atomic E-state index is -0.240. The van der Waals surface area contributed by atoms with Crippen molar-refractivity contribution in [3.8, 4) is 0 Å². The number of halogens is 1. The molecular formula is C13H15FN4. The highest BCUT2D eigenvalue weighted by Gasteiger charge is 2.11. The smallest absolute Gasteiger partial charge is 0.222 e. The Labute approximate surface area is 105 Å². The quantitative estimate of drug-likeness (QED) is 0.874. The molecule has 2 aromatic rings. The molecule has 1 atom stereocenters. The zero-order chi connectivity index (χ0) is 13.1. The van der Waals surface area contributed by atoms with Crippen LogP contribution in [0, 0.1) is 12.7 Å². The fraction of sp³-hybridized carbons (Fsp3) is 0.231. The van der Waals surface area contributed by atoms with Gasteiger partial charge < -0.3 is 11.1 Å². The van der Waals surface area contributed by atoms with Crippen LogP contribution in [0.15, 0.2) is 30.3 Å². The fourth-order valence-electron chi connectivity index (χ4n) is 1.79. The number of nitrogens with zero attached hydrogens (tertiary/aromatic N) is 2. The monoisotopic (exact) mass is 246 g/mol. The van der Waals surface area contributed by atoms with Crippen LogP contribution in [-0.2, 0) is 0 Å². The lowest BCUT2D eigenvalue weighted by atomic mass is 10.1. The molecule has 94 valence electrons. The third-order valence-electron chi connectivity index (χ3n) is 2.61. The second-order valence-electron chi connectivity index (χ2n) is 4.14. The standard InChI is InChI=1S/C13H15FN4/c1-8-7-12(18-13(15)16-8)17-9(2)10-5-3-4-6-11(10)14/h3-7,9H,1-2H3,(H3,15,16,17,18). The van der Waals surface area contributed by atoms with Crippen molar-refractivity contribution in [2.45, 2.75) is 19.9 Å².